The number of nitrogens with zero attached hydrogens (tertiary/aromatic N) is 5. The number of H-pyrrole nitrogens is 1. The maximum Gasteiger partial charge on any atom is 0.147 e. The molecule has 2 aromatic rings. The highest BCUT2D eigenvalue weighted by atomic mass is 35.5. The Hall–Kier alpha value is -1.63. The van der Waals surface area contributed by atoms with Crippen LogP contribution in [-0.4, -0.2) is 76.1 Å². The first-order valence-corrected chi connectivity index (χ1v) is 11.0. The van der Waals surface area contributed by atoms with E-state index in [9.17, 15) is 0 Å². The molecule has 28 heavy (non-hydrogen) atoms. The smallest absolute Gasteiger partial charge is 0.147 e. The maximum atomic E-state index is 6.62. The molecule has 2 aromatic heterocycles. The highest BCUT2D eigenvalue weighted by Gasteiger charge is 2.33. The van der Waals surface area contributed by atoms with Crippen molar-refractivity contribution in [1.29, 1.82) is 0 Å². The van der Waals surface area contributed by atoms with Crippen molar-refractivity contribution >= 4 is 17.4 Å². The molecule has 7 heteroatoms. The predicted molar refractivity (Wildman–Crippen MR) is 115 cm³/mol. The van der Waals surface area contributed by atoms with Crippen LogP contribution in [-0.2, 0) is 0 Å². The zero-order valence-electron chi connectivity index (χ0n) is 16.9. The van der Waals surface area contributed by atoms with Crippen molar-refractivity contribution in [3.8, 4) is 11.4 Å². The van der Waals surface area contributed by atoms with Crippen LogP contribution >= 0.6 is 11.6 Å². The van der Waals surface area contributed by atoms with Gasteiger partial charge in [0.15, 0.2) is 0 Å². The summed E-state index contributed by atoms with van der Waals surface area (Å²) in [6.45, 7) is 11.3. The molecule has 1 atom stereocenters. The lowest BCUT2D eigenvalue weighted by atomic mass is 9.98. The minimum atomic E-state index is 0.564. The number of halogens is 1. The van der Waals surface area contributed by atoms with Gasteiger partial charge in [-0.15, -0.1) is 0 Å². The molecule has 152 valence electrons. The number of anilines is 1. The number of likely N-dealkylation sites (tertiary alicyclic amines) is 1. The number of pyridine rings is 1. The van der Waals surface area contributed by atoms with Crippen LogP contribution in [0.2, 0.25) is 5.02 Å². The fraction of sp³-hybridized carbons (Fsp3) is 0.619. The Bertz CT molecular complexity index is 756. The van der Waals surface area contributed by atoms with E-state index in [1.165, 1.54) is 32.5 Å². The van der Waals surface area contributed by atoms with Gasteiger partial charge in [0.05, 0.1) is 5.02 Å². The molecule has 4 rings (SSSR count). The Morgan fingerprint density at radius 3 is 2.61 bits per heavy atom. The lowest BCUT2D eigenvalue weighted by Crippen LogP contribution is -2.58. The number of hydrogen-bond acceptors (Lipinski definition) is 5. The number of aromatic nitrogens is 3. The molecule has 0 bridgehead atoms. The van der Waals surface area contributed by atoms with E-state index in [4.69, 9.17) is 16.6 Å². The number of piperidine rings is 1. The topological polar surface area (TPSA) is 51.3 Å². The first-order valence-electron chi connectivity index (χ1n) is 10.6. The average Bonchev–Trinajstić information content (AvgIpc) is 3.28. The van der Waals surface area contributed by atoms with Crippen LogP contribution in [0.25, 0.3) is 11.4 Å². The Balaban J connectivity index is 1.44. The van der Waals surface area contributed by atoms with E-state index < -0.39 is 0 Å². The number of aromatic amines is 1. The zero-order valence-corrected chi connectivity index (χ0v) is 17.7. The lowest BCUT2D eigenvalue weighted by Gasteiger charge is -2.47. The van der Waals surface area contributed by atoms with Crippen LogP contribution in [0.4, 0.5) is 5.82 Å². The van der Waals surface area contributed by atoms with Crippen LogP contribution in [0, 0.1) is 0 Å². The van der Waals surface area contributed by atoms with Crippen LogP contribution in [0.3, 0.4) is 0 Å². The molecule has 2 fully saturated rings. The summed E-state index contributed by atoms with van der Waals surface area (Å²) in [5.41, 5.74) is 0.923. The van der Waals surface area contributed by atoms with Crippen molar-refractivity contribution in [3.05, 3.63) is 29.7 Å². The molecule has 2 aliphatic heterocycles. The van der Waals surface area contributed by atoms with Crippen LogP contribution < -0.4 is 4.90 Å². The first kappa shape index (κ1) is 19.7. The van der Waals surface area contributed by atoms with Crippen molar-refractivity contribution in [2.45, 2.75) is 45.2 Å². The van der Waals surface area contributed by atoms with Gasteiger partial charge in [-0.1, -0.05) is 25.4 Å². The third kappa shape index (κ3) is 4.04. The fourth-order valence-corrected chi connectivity index (χ4v) is 4.98. The third-order valence-electron chi connectivity index (χ3n) is 6.37. The summed E-state index contributed by atoms with van der Waals surface area (Å²) >= 11 is 6.62. The molecule has 0 spiro atoms. The highest BCUT2D eigenvalue weighted by molar-refractivity contribution is 6.33. The van der Waals surface area contributed by atoms with Crippen molar-refractivity contribution in [2.75, 3.05) is 44.2 Å². The Kier molecular flexibility index (Phi) is 6.19. The second kappa shape index (κ2) is 8.80. The Labute approximate surface area is 172 Å². The van der Waals surface area contributed by atoms with Crippen LogP contribution in [0.5, 0.6) is 0 Å². The molecule has 6 nitrogen and oxygen atoms in total. The number of hydrogen-bond donors (Lipinski definition) is 1. The molecule has 0 aliphatic carbocycles. The van der Waals surface area contributed by atoms with E-state index in [1.807, 2.05) is 18.5 Å². The third-order valence-corrected chi connectivity index (χ3v) is 6.64. The van der Waals surface area contributed by atoms with Gasteiger partial charge in [-0.25, -0.2) is 9.97 Å². The standard InChI is InChI=1S/C21H31ClN6/c1-3-17-15-27(11-12-28(17)18-5-9-26(4-2)10-6-18)21-19(22)13-16(14-25-21)20-23-7-8-24-20/h7-8,13-14,17-18H,3-6,9-12,15H2,1-2H3,(H,23,24). The fourth-order valence-electron chi connectivity index (χ4n) is 4.69. The minimum absolute atomic E-state index is 0.564. The SMILES string of the molecule is CCC1CN(c2ncc(-c3ncc[nH]3)cc2Cl)CCN1C1CCN(CC)CC1. The van der Waals surface area contributed by atoms with Gasteiger partial charge in [0.25, 0.3) is 0 Å². The summed E-state index contributed by atoms with van der Waals surface area (Å²) in [4.78, 5) is 19.8. The summed E-state index contributed by atoms with van der Waals surface area (Å²) in [6, 6.07) is 3.26. The second-order valence-corrected chi connectivity index (χ2v) is 8.29. The van der Waals surface area contributed by atoms with E-state index in [-0.39, 0.29) is 0 Å². The van der Waals surface area contributed by atoms with Gasteiger partial charge in [-0.2, -0.15) is 0 Å². The molecular weight excluding hydrogens is 372 g/mol. The largest absolute Gasteiger partial charge is 0.353 e. The van der Waals surface area contributed by atoms with Gasteiger partial charge in [-0.05, 0) is 45.0 Å². The van der Waals surface area contributed by atoms with Gasteiger partial charge < -0.3 is 14.8 Å². The molecule has 1 N–H and O–H groups in total. The van der Waals surface area contributed by atoms with E-state index in [0.717, 1.165) is 49.3 Å². The lowest BCUT2D eigenvalue weighted by molar-refractivity contribution is 0.0647. The van der Waals surface area contributed by atoms with Gasteiger partial charge in [0.1, 0.15) is 11.6 Å². The van der Waals surface area contributed by atoms with Gasteiger partial charge in [-0.3, -0.25) is 4.90 Å². The maximum absolute atomic E-state index is 6.62. The quantitative estimate of drug-likeness (QED) is 0.829. The molecule has 0 amide bonds. The number of rotatable bonds is 5. The van der Waals surface area contributed by atoms with Gasteiger partial charge >= 0.3 is 0 Å². The summed E-state index contributed by atoms with van der Waals surface area (Å²) in [6.07, 6.45) is 9.17. The number of nitrogens with one attached hydrogen (secondary N) is 1. The normalized spacial score (nSPS) is 22.7. The summed E-state index contributed by atoms with van der Waals surface area (Å²) in [5.74, 6) is 1.70. The van der Waals surface area contributed by atoms with Crippen molar-refractivity contribution in [2.24, 2.45) is 0 Å². The monoisotopic (exact) mass is 402 g/mol. The van der Waals surface area contributed by atoms with Crippen LogP contribution in [0.1, 0.15) is 33.1 Å². The van der Waals surface area contributed by atoms with E-state index >= 15 is 0 Å². The summed E-state index contributed by atoms with van der Waals surface area (Å²) in [7, 11) is 0. The summed E-state index contributed by atoms with van der Waals surface area (Å²) in [5, 5.41) is 0.702. The average molecular weight is 403 g/mol. The molecule has 0 radical (unpaired) electrons. The van der Waals surface area contributed by atoms with E-state index in [2.05, 4.69) is 38.5 Å². The van der Waals surface area contributed by atoms with Gasteiger partial charge in [0.2, 0.25) is 0 Å². The minimum Gasteiger partial charge on any atom is -0.353 e. The zero-order chi connectivity index (χ0) is 19.5. The Morgan fingerprint density at radius 1 is 1.14 bits per heavy atom. The molecule has 0 aromatic carbocycles. The van der Waals surface area contributed by atoms with E-state index in [0.29, 0.717) is 11.1 Å². The number of imidazole rings is 1. The molecule has 0 saturated carbocycles. The number of piperazine rings is 1. The molecule has 4 heterocycles. The molecule has 2 aliphatic rings. The molecule has 1 unspecified atom stereocenters. The van der Waals surface area contributed by atoms with Crippen molar-refractivity contribution < 1.29 is 0 Å². The Morgan fingerprint density at radius 2 is 1.96 bits per heavy atom. The second-order valence-electron chi connectivity index (χ2n) is 7.88. The molecular formula is C21H31ClN6. The predicted octanol–water partition coefficient (Wildman–Crippen LogP) is 3.51. The van der Waals surface area contributed by atoms with Crippen molar-refractivity contribution in [1.82, 2.24) is 24.8 Å². The van der Waals surface area contributed by atoms with Crippen LogP contribution in [0.15, 0.2) is 24.7 Å². The molecule has 2 saturated heterocycles. The van der Waals surface area contributed by atoms with Gasteiger partial charge in [0, 0.05) is 55.9 Å². The van der Waals surface area contributed by atoms with E-state index in [1.54, 1.807) is 6.20 Å². The highest BCUT2D eigenvalue weighted by Crippen LogP contribution is 2.31. The summed E-state index contributed by atoms with van der Waals surface area (Å²) < 4.78 is 0. The first-order chi connectivity index (χ1) is 13.7. The van der Waals surface area contributed by atoms with Crippen molar-refractivity contribution in [3.63, 3.8) is 0 Å².